The largest absolute Gasteiger partial charge is 0.449 e. The number of aliphatic hydroxyl groups excluding tert-OH is 1. The van der Waals surface area contributed by atoms with Gasteiger partial charge in [0.25, 0.3) is 0 Å². The molecule has 2 aromatic rings. The van der Waals surface area contributed by atoms with Gasteiger partial charge in [-0.05, 0) is 25.0 Å². The summed E-state index contributed by atoms with van der Waals surface area (Å²) < 4.78 is 40.8. The number of fused-ring (bicyclic) bond motifs is 1. The molecule has 24 heavy (non-hydrogen) atoms. The summed E-state index contributed by atoms with van der Waals surface area (Å²) in [6.07, 6.45) is 0.247. The van der Waals surface area contributed by atoms with E-state index >= 15 is 0 Å². The number of benzene rings is 1. The average Bonchev–Trinajstić information content (AvgIpc) is 2.93. The highest BCUT2D eigenvalue weighted by Crippen LogP contribution is 2.31. The molecule has 1 aromatic carbocycles. The number of aliphatic hydroxyl groups is 1. The summed E-state index contributed by atoms with van der Waals surface area (Å²) in [7, 11) is 0. The molecule has 1 aliphatic rings. The molecule has 132 valence electrons. The van der Waals surface area contributed by atoms with Gasteiger partial charge in [0.05, 0.1) is 23.7 Å². The van der Waals surface area contributed by atoms with Crippen LogP contribution in [0.25, 0.3) is 11.0 Å². The monoisotopic (exact) mass is 341 g/mol. The molecule has 0 amide bonds. The number of alkyl halides is 3. The van der Waals surface area contributed by atoms with Crippen molar-refractivity contribution >= 4 is 11.0 Å². The molecule has 0 aliphatic heterocycles. The van der Waals surface area contributed by atoms with E-state index in [0.717, 1.165) is 30.3 Å². The summed E-state index contributed by atoms with van der Waals surface area (Å²) >= 11 is 0. The third kappa shape index (κ3) is 3.89. The van der Waals surface area contributed by atoms with Gasteiger partial charge < -0.3 is 15.0 Å². The Morgan fingerprint density at radius 1 is 1.21 bits per heavy atom. The zero-order valence-electron chi connectivity index (χ0n) is 13.4. The Kier molecular flexibility index (Phi) is 5.10. The third-order valence-corrected chi connectivity index (χ3v) is 4.55. The molecule has 0 bridgehead atoms. The fraction of sp³-hybridized carbons (Fsp3) is 0.588. The van der Waals surface area contributed by atoms with Gasteiger partial charge in [0.1, 0.15) is 0 Å². The molecular formula is C17H22F3N3O. The number of nitrogens with zero attached hydrogens (tertiary/aromatic N) is 2. The van der Waals surface area contributed by atoms with Crippen molar-refractivity contribution in [2.24, 2.45) is 0 Å². The molecule has 0 radical (unpaired) electrons. The van der Waals surface area contributed by atoms with E-state index in [1.807, 2.05) is 0 Å². The zero-order valence-corrected chi connectivity index (χ0v) is 13.4. The molecule has 0 spiro atoms. The lowest BCUT2D eigenvalue weighted by molar-refractivity contribution is -0.147. The van der Waals surface area contributed by atoms with Gasteiger partial charge >= 0.3 is 6.18 Å². The first-order chi connectivity index (χ1) is 11.4. The SMILES string of the molecule is O[C@@H](CNC1CCCCC1)Cn1c(C(F)(F)F)nc2ccccc21. The van der Waals surface area contributed by atoms with Crippen LogP contribution in [0.2, 0.25) is 0 Å². The molecule has 1 heterocycles. The topological polar surface area (TPSA) is 50.1 Å². The summed E-state index contributed by atoms with van der Waals surface area (Å²) in [5.74, 6) is -0.958. The second kappa shape index (κ2) is 7.11. The van der Waals surface area contributed by atoms with Gasteiger partial charge in [0.2, 0.25) is 5.82 Å². The van der Waals surface area contributed by atoms with E-state index in [1.54, 1.807) is 24.3 Å². The Morgan fingerprint density at radius 3 is 2.62 bits per heavy atom. The number of hydrogen-bond donors (Lipinski definition) is 2. The summed E-state index contributed by atoms with van der Waals surface area (Å²) in [6.45, 7) is 0.156. The van der Waals surface area contributed by atoms with Crippen LogP contribution in [0.4, 0.5) is 13.2 Å². The maximum atomic E-state index is 13.2. The number of nitrogens with one attached hydrogen (secondary N) is 1. The Balaban J connectivity index is 1.73. The van der Waals surface area contributed by atoms with Crippen LogP contribution in [0.1, 0.15) is 37.9 Å². The number of hydrogen-bond acceptors (Lipinski definition) is 3. The lowest BCUT2D eigenvalue weighted by Crippen LogP contribution is -2.38. The van der Waals surface area contributed by atoms with Gasteiger partial charge in [-0.3, -0.25) is 0 Å². The average molecular weight is 341 g/mol. The minimum Gasteiger partial charge on any atom is -0.390 e. The predicted molar refractivity (Wildman–Crippen MR) is 85.6 cm³/mol. The standard InChI is InChI=1S/C17H22F3N3O/c18-17(19,20)16-22-14-8-4-5-9-15(14)23(16)11-13(24)10-21-12-6-2-1-3-7-12/h4-5,8-9,12-13,21,24H,1-3,6-7,10-11H2/t13-/m0/s1. The van der Waals surface area contributed by atoms with Crippen LogP contribution in [0, 0.1) is 0 Å². The van der Waals surface area contributed by atoms with Gasteiger partial charge in [0.15, 0.2) is 0 Å². The highest BCUT2D eigenvalue weighted by Gasteiger charge is 2.37. The van der Waals surface area contributed by atoms with Crippen molar-refractivity contribution in [1.82, 2.24) is 14.9 Å². The van der Waals surface area contributed by atoms with E-state index in [2.05, 4.69) is 10.3 Å². The van der Waals surface area contributed by atoms with Gasteiger partial charge in [-0.1, -0.05) is 31.4 Å². The molecule has 1 aromatic heterocycles. The van der Waals surface area contributed by atoms with Crippen LogP contribution in [-0.4, -0.2) is 33.3 Å². The first-order valence-corrected chi connectivity index (χ1v) is 8.39. The minimum absolute atomic E-state index is 0.130. The quantitative estimate of drug-likeness (QED) is 0.877. The van der Waals surface area contributed by atoms with E-state index in [4.69, 9.17) is 0 Å². The van der Waals surface area contributed by atoms with E-state index in [9.17, 15) is 18.3 Å². The first-order valence-electron chi connectivity index (χ1n) is 8.39. The van der Waals surface area contributed by atoms with Crippen molar-refractivity contribution in [2.75, 3.05) is 6.54 Å². The highest BCUT2D eigenvalue weighted by molar-refractivity contribution is 5.76. The van der Waals surface area contributed by atoms with Crippen LogP contribution in [0.5, 0.6) is 0 Å². The van der Waals surface area contributed by atoms with Crippen molar-refractivity contribution in [3.05, 3.63) is 30.1 Å². The van der Waals surface area contributed by atoms with Crippen molar-refractivity contribution in [3.8, 4) is 0 Å². The Labute approximate surface area is 138 Å². The molecular weight excluding hydrogens is 319 g/mol. The number of imidazole rings is 1. The van der Waals surface area contributed by atoms with Gasteiger partial charge in [-0.15, -0.1) is 0 Å². The third-order valence-electron chi connectivity index (χ3n) is 4.55. The molecule has 1 atom stereocenters. The number of aromatic nitrogens is 2. The minimum atomic E-state index is -4.55. The second-order valence-electron chi connectivity index (χ2n) is 6.43. The number of rotatable bonds is 5. The smallest absolute Gasteiger partial charge is 0.390 e. The Bertz CT molecular complexity index is 677. The summed E-state index contributed by atoms with van der Waals surface area (Å²) in [6, 6.07) is 6.83. The predicted octanol–water partition coefficient (Wildman–Crippen LogP) is 3.34. The normalized spacial score (nSPS) is 18.2. The fourth-order valence-electron chi connectivity index (χ4n) is 3.36. The van der Waals surface area contributed by atoms with E-state index in [0.29, 0.717) is 11.6 Å². The van der Waals surface area contributed by atoms with Crippen LogP contribution in [0.3, 0.4) is 0 Å². The Hall–Kier alpha value is -1.60. The lowest BCUT2D eigenvalue weighted by Gasteiger charge is -2.24. The van der Waals surface area contributed by atoms with Crippen molar-refractivity contribution < 1.29 is 18.3 Å². The van der Waals surface area contributed by atoms with Gasteiger partial charge in [-0.2, -0.15) is 13.2 Å². The lowest BCUT2D eigenvalue weighted by atomic mass is 9.95. The first kappa shape index (κ1) is 17.2. The maximum absolute atomic E-state index is 13.2. The zero-order chi connectivity index (χ0) is 17.2. The fourth-order valence-corrected chi connectivity index (χ4v) is 3.36. The Morgan fingerprint density at radius 2 is 1.92 bits per heavy atom. The molecule has 0 unspecified atom stereocenters. The van der Waals surface area contributed by atoms with Gasteiger partial charge in [-0.25, -0.2) is 4.98 Å². The molecule has 1 aliphatic carbocycles. The molecule has 4 nitrogen and oxygen atoms in total. The van der Waals surface area contributed by atoms with Crippen LogP contribution in [-0.2, 0) is 12.7 Å². The molecule has 0 saturated heterocycles. The molecule has 1 fully saturated rings. The van der Waals surface area contributed by atoms with Crippen LogP contribution < -0.4 is 5.32 Å². The summed E-state index contributed by atoms with van der Waals surface area (Å²) in [5.41, 5.74) is 0.679. The molecule has 3 rings (SSSR count). The van der Waals surface area contributed by atoms with Gasteiger partial charge in [0, 0.05) is 12.6 Å². The number of halogens is 3. The van der Waals surface area contributed by atoms with Crippen molar-refractivity contribution in [2.45, 2.75) is 57.0 Å². The van der Waals surface area contributed by atoms with Crippen molar-refractivity contribution in [1.29, 1.82) is 0 Å². The van der Waals surface area contributed by atoms with E-state index in [1.165, 1.54) is 6.42 Å². The maximum Gasteiger partial charge on any atom is 0.449 e. The molecule has 7 heteroatoms. The van der Waals surface area contributed by atoms with E-state index in [-0.39, 0.29) is 18.6 Å². The second-order valence-corrected chi connectivity index (χ2v) is 6.43. The molecule has 1 saturated carbocycles. The van der Waals surface area contributed by atoms with Crippen LogP contribution >= 0.6 is 0 Å². The van der Waals surface area contributed by atoms with Crippen molar-refractivity contribution in [3.63, 3.8) is 0 Å². The van der Waals surface area contributed by atoms with Crippen LogP contribution in [0.15, 0.2) is 24.3 Å². The summed E-state index contributed by atoms with van der Waals surface area (Å²) in [4.78, 5) is 3.69. The number of para-hydroxylation sites is 2. The summed E-state index contributed by atoms with van der Waals surface area (Å²) in [5, 5.41) is 13.5. The molecule has 2 N–H and O–H groups in total. The highest BCUT2D eigenvalue weighted by atomic mass is 19.4. The van der Waals surface area contributed by atoms with E-state index < -0.39 is 18.1 Å².